The molecule has 0 aliphatic heterocycles. The Morgan fingerprint density at radius 1 is 1.00 bits per heavy atom. The lowest BCUT2D eigenvalue weighted by molar-refractivity contribution is 1.18. The van der Waals surface area contributed by atoms with Crippen LogP contribution in [0.5, 0.6) is 0 Å². The molecule has 0 aliphatic rings. The van der Waals surface area contributed by atoms with E-state index in [-0.39, 0.29) is 0 Å². The van der Waals surface area contributed by atoms with Gasteiger partial charge in [-0.05, 0) is 17.2 Å². The van der Waals surface area contributed by atoms with Gasteiger partial charge in [0.1, 0.15) is 0 Å². The van der Waals surface area contributed by atoms with E-state index in [2.05, 4.69) is 21.0 Å². The number of para-hydroxylation sites is 1. The zero-order valence-corrected chi connectivity index (χ0v) is 12.5. The molecule has 0 saturated heterocycles. The molecule has 4 rings (SSSR count). The lowest BCUT2D eigenvalue weighted by atomic mass is 10.1. The quantitative estimate of drug-likeness (QED) is 0.486. The van der Waals surface area contributed by atoms with Crippen molar-refractivity contribution in [3.63, 3.8) is 0 Å². The average molecular weight is 300 g/mol. The Hall–Kier alpha value is -3.14. The molecule has 0 aliphatic carbocycles. The van der Waals surface area contributed by atoms with Crippen molar-refractivity contribution in [2.75, 3.05) is 0 Å². The van der Waals surface area contributed by atoms with E-state index >= 15 is 0 Å². The SMILES string of the molecule is N=C(Cc1c[nH]c2ccccc12)c1ncc(-c2ccccc2)[nH]1. The van der Waals surface area contributed by atoms with Gasteiger partial charge >= 0.3 is 0 Å². The number of fused-ring (bicyclic) bond motifs is 1. The van der Waals surface area contributed by atoms with Crippen molar-refractivity contribution >= 4 is 16.6 Å². The highest BCUT2D eigenvalue weighted by atomic mass is 14.9. The maximum absolute atomic E-state index is 8.35. The lowest BCUT2D eigenvalue weighted by Crippen LogP contribution is -2.05. The first-order valence-electron chi connectivity index (χ1n) is 7.54. The van der Waals surface area contributed by atoms with Gasteiger partial charge in [-0.3, -0.25) is 0 Å². The van der Waals surface area contributed by atoms with E-state index in [0.717, 1.165) is 27.7 Å². The molecular formula is C19H16N4. The van der Waals surface area contributed by atoms with E-state index < -0.39 is 0 Å². The van der Waals surface area contributed by atoms with E-state index in [1.54, 1.807) is 6.20 Å². The molecule has 23 heavy (non-hydrogen) atoms. The van der Waals surface area contributed by atoms with Crippen molar-refractivity contribution < 1.29 is 0 Å². The van der Waals surface area contributed by atoms with Gasteiger partial charge in [-0.1, -0.05) is 48.5 Å². The van der Waals surface area contributed by atoms with E-state index in [4.69, 9.17) is 5.41 Å². The summed E-state index contributed by atoms with van der Waals surface area (Å²) in [6.45, 7) is 0. The van der Waals surface area contributed by atoms with Crippen molar-refractivity contribution in [2.45, 2.75) is 6.42 Å². The predicted octanol–water partition coefficient (Wildman–Crippen LogP) is 4.17. The number of hydrogen-bond acceptors (Lipinski definition) is 2. The number of imidazole rings is 1. The minimum absolute atomic E-state index is 0.483. The second kappa shape index (κ2) is 5.57. The number of H-pyrrole nitrogens is 2. The smallest absolute Gasteiger partial charge is 0.151 e. The summed E-state index contributed by atoms with van der Waals surface area (Å²) in [5.41, 5.74) is 4.70. The van der Waals surface area contributed by atoms with E-state index in [1.807, 2.05) is 54.7 Å². The van der Waals surface area contributed by atoms with E-state index in [1.165, 1.54) is 0 Å². The summed E-state index contributed by atoms with van der Waals surface area (Å²) < 4.78 is 0. The Labute approximate surface area is 133 Å². The van der Waals surface area contributed by atoms with Gasteiger partial charge in [0.25, 0.3) is 0 Å². The zero-order chi connectivity index (χ0) is 15.6. The molecule has 2 aromatic carbocycles. The number of rotatable bonds is 4. The molecule has 2 heterocycles. The van der Waals surface area contributed by atoms with Gasteiger partial charge in [0.15, 0.2) is 5.82 Å². The average Bonchev–Trinajstić information content (AvgIpc) is 3.24. The molecule has 4 aromatic rings. The summed E-state index contributed by atoms with van der Waals surface area (Å²) in [7, 11) is 0. The highest BCUT2D eigenvalue weighted by molar-refractivity contribution is 5.99. The molecule has 0 radical (unpaired) electrons. The van der Waals surface area contributed by atoms with Gasteiger partial charge in [-0.25, -0.2) is 4.98 Å². The van der Waals surface area contributed by atoms with Crippen LogP contribution in [-0.4, -0.2) is 20.7 Å². The minimum Gasteiger partial charge on any atom is -0.361 e. The fraction of sp³-hybridized carbons (Fsp3) is 0.0526. The molecule has 4 nitrogen and oxygen atoms in total. The molecule has 4 heteroatoms. The van der Waals surface area contributed by atoms with Crippen LogP contribution in [0.25, 0.3) is 22.2 Å². The summed E-state index contributed by atoms with van der Waals surface area (Å²) in [6, 6.07) is 18.2. The number of aromatic nitrogens is 3. The number of hydrogen-bond donors (Lipinski definition) is 3. The van der Waals surface area contributed by atoms with Gasteiger partial charge in [-0.15, -0.1) is 0 Å². The first-order chi connectivity index (χ1) is 11.3. The topological polar surface area (TPSA) is 68.3 Å². The Bertz CT molecular complexity index is 963. The number of benzene rings is 2. The molecule has 0 saturated carbocycles. The number of nitrogens with one attached hydrogen (secondary N) is 3. The molecule has 0 fully saturated rings. The minimum atomic E-state index is 0.483. The summed E-state index contributed by atoms with van der Waals surface area (Å²) in [6.07, 6.45) is 4.31. The van der Waals surface area contributed by atoms with Crippen LogP contribution in [0.1, 0.15) is 11.4 Å². The van der Waals surface area contributed by atoms with Crippen molar-refractivity contribution in [3.05, 3.63) is 78.4 Å². The van der Waals surface area contributed by atoms with Crippen LogP contribution in [0.2, 0.25) is 0 Å². The summed E-state index contributed by atoms with van der Waals surface area (Å²) in [5, 5.41) is 9.51. The first-order valence-corrected chi connectivity index (χ1v) is 7.54. The molecular weight excluding hydrogens is 284 g/mol. The van der Waals surface area contributed by atoms with Crippen molar-refractivity contribution in [1.82, 2.24) is 15.0 Å². The van der Waals surface area contributed by atoms with E-state index in [9.17, 15) is 0 Å². The normalized spacial score (nSPS) is 11.0. The third kappa shape index (κ3) is 2.55. The highest BCUT2D eigenvalue weighted by Gasteiger charge is 2.11. The maximum Gasteiger partial charge on any atom is 0.151 e. The number of nitrogens with zero attached hydrogens (tertiary/aromatic N) is 1. The third-order valence-electron chi connectivity index (χ3n) is 3.99. The summed E-state index contributed by atoms with van der Waals surface area (Å²) in [5.74, 6) is 0.620. The van der Waals surface area contributed by atoms with Crippen LogP contribution in [0.3, 0.4) is 0 Å². The summed E-state index contributed by atoms with van der Waals surface area (Å²) >= 11 is 0. The Morgan fingerprint density at radius 3 is 2.65 bits per heavy atom. The van der Waals surface area contributed by atoms with Crippen LogP contribution in [0.4, 0.5) is 0 Å². The van der Waals surface area contributed by atoms with Crippen LogP contribution in [0.15, 0.2) is 67.0 Å². The fourth-order valence-electron chi connectivity index (χ4n) is 2.79. The van der Waals surface area contributed by atoms with Gasteiger partial charge < -0.3 is 15.4 Å². The molecule has 0 spiro atoms. The van der Waals surface area contributed by atoms with Crippen LogP contribution in [0, 0.1) is 5.41 Å². The molecule has 112 valence electrons. The largest absolute Gasteiger partial charge is 0.361 e. The van der Waals surface area contributed by atoms with Gasteiger partial charge in [0.05, 0.1) is 17.6 Å². The van der Waals surface area contributed by atoms with Crippen LogP contribution >= 0.6 is 0 Å². The molecule has 0 bridgehead atoms. The van der Waals surface area contributed by atoms with Crippen LogP contribution in [-0.2, 0) is 6.42 Å². The van der Waals surface area contributed by atoms with Crippen molar-refractivity contribution in [1.29, 1.82) is 5.41 Å². The van der Waals surface area contributed by atoms with Crippen molar-refractivity contribution in [3.8, 4) is 11.3 Å². The molecule has 0 atom stereocenters. The zero-order valence-electron chi connectivity index (χ0n) is 12.5. The predicted molar refractivity (Wildman–Crippen MR) is 92.9 cm³/mol. The van der Waals surface area contributed by atoms with Crippen molar-refractivity contribution in [2.24, 2.45) is 0 Å². The molecule has 0 amide bonds. The lowest BCUT2D eigenvalue weighted by Gasteiger charge is -2.00. The van der Waals surface area contributed by atoms with Gasteiger partial charge in [0.2, 0.25) is 0 Å². The Morgan fingerprint density at radius 2 is 1.78 bits per heavy atom. The second-order valence-electron chi connectivity index (χ2n) is 5.53. The molecule has 0 unspecified atom stereocenters. The van der Waals surface area contributed by atoms with Crippen LogP contribution < -0.4 is 0 Å². The monoisotopic (exact) mass is 300 g/mol. The fourth-order valence-corrected chi connectivity index (χ4v) is 2.79. The molecule has 2 aromatic heterocycles. The van der Waals surface area contributed by atoms with Gasteiger partial charge in [0, 0.05) is 23.5 Å². The molecule has 3 N–H and O–H groups in total. The second-order valence-corrected chi connectivity index (χ2v) is 5.53. The first kappa shape index (κ1) is 13.5. The van der Waals surface area contributed by atoms with E-state index in [0.29, 0.717) is 18.0 Å². The standard InChI is InChI=1S/C19H16N4/c20-16(10-14-11-21-17-9-5-4-8-15(14)17)19-22-12-18(23-19)13-6-2-1-3-7-13/h1-9,11-12,20-21H,10H2,(H,22,23). The maximum atomic E-state index is 8.35. The highest BCUT2D eigenvalue weighted by Crippen LogP contribution is 2.20. The third-order valence-corrected chi connectivity index (χ3v) is 3.99. The summed E-state index contributed by atoms with van der Waals surface area (Å²) in [4.78, 5) is 10.9. The number of aromatic amines is 2. The van der Waals surface area contributed by atoms with Gasteiger partial charge in [-0.2, -0.15) is 0 Å². The Balaban J connectivity index is 1.59. The Kier molecular flexibility index (Phi) is 3.27.